The first-order valence-electron chi connectivity index (χ1n) is 6.07. The molecule has 0 aliphatic carbocycles. The standard InChI is InChI=1S/C14H19FN2O2/c1-9(12(18)17-14(2,3)4)16-13(19)10-5-7-11(15)8-6-10/h5-9H,1-4H3,(H,16,19)(H,17,18). The minimum absolute atomic E-state index is 0.261. The number of nitrogens with one attached hydrogen (secondary N) is 2. The van der Waals surface area contributed by atoms with Gasteiger partial charge in [-0.3, -0.25) is 9.59 Å². The van der Waals surface area contributed by atoms with Gasteiger partial charge in [-0.05, 0) is 52.0 Å². The third-order valence-corrected chi connectivity index (χ3v) is 2.35. The molecule has 2 amide bonds. The Morgan fingerprint density at radius 1 is 1.16 bits per heavy atom. The predicted molar refractivity (Wildman–Crippen MR) is 71.2 cm³/mol. The van der Waals surface area contributed by atoms with Gasteiger partial charge in [-0.1, -0.05) is 0 Å². The van der Waals surface area contributed by atoms with Gasteiger partial charge >= 0.3 is 0 Å². The molecule has 0 bridgehead atoms. The molecular weight excluding hydrogens is 247 g/mol. The van der Waals surface area contributed by atoms with Gasteiger partial charge in [-0.25, -0.2) is 4.39 Å². The summed E-state index contributed by atoms with van der Waals surface area (Å²) in [5, 5.41) is 5.34. The van der Waals surface area contributed by atoms with Crippen molar-refractivity contribution in [3.05, 3.63) is 35.6 Å². The van der Waals surface area contributed by atoms with E-state index in [2.05, 4.69) is 10.6 Å². The fraction of sp³-hybridized carbons (Fsp3) is 0.429. The van der Waals surface area contributed by atoms with E-state index in [1.807, 2.05) is 20.8 Å². The van der Waals surface area contributed by atoms with Crippen LogP contribution in [0.3, 0.4) is 0 Å². The van der Waals surface area contributed by atoms with Crippen LogP contribution in [0, 0.1) is 5.82 Å². The molecule has 4 nitrogen and oxygen atoms in total. The predicted octanol–water partition coefficient (Wildman–Crippen LogP) is 1.86. The van der Waals surface area contributed by atoms with Crippen LogP contribution < -0.4 is 10.6 Å². The Morgan fingerprint density at radius 3 is 2.16 bits per heavy atom. The monoisotopic (exact) mass is 266 g/mol. The molecule has 1 atom stereocenters. The number of hydrogen-bond acceptors (Lipinski definition) is 2. The lowest BCUT2D eigenvalue weighted by Crippen LogP contribution is -2.50. The maximum absolute atomic E-state index is 12.7. The molecule has 0 aliphatic rings. The second-order valence-electron chi connectivity index (χ2n) is 5.44. The first-order chi connectivity index (χ1) is 8.69. The van der Waals surface area contributed by atoms with Gasteiger partial charge in [-0.2, -0.15) is 0 Å². The van der Waals surface area contributed by atoms with Gasteiger partial charge in [0.25, 0.3) is 5.91 Å². The number of amides is 2. The molecule has 104 valence electrons. The smallest absolute Gasteiger partial charge is 0.251 e. The molecule has 5 heteroatoms. The van der Waals surface area contributed by atoms with Crippen molar-refractivity contribution in [2.75, 3.05) is 0 Å². The van der Waals surface area contributed by atoms with Crippen LogP contribution in [0.2, 0.25) is 0 Å². The lowest BCUT2D eigenvalue weighted by Gasteiger charge is -2.23. The highest BCUT2D eigenvalue weighted by atomic mass is 19.1. The van der Waals surface area contributed by atoms with Gasteiger partial charge in [0.2, 0.25) is 5.91 Å². The highest BCUT2D eigenvalue weighted by molar-refractivity contribution is 5.97. The van der Waals surface area contributed by atoms with E-state index in [9.17, 15) is 14.0 Å². The van der Waals surface area contributed by atoms with Crippen LogP contribution in [0.25, 0.3) is 0 Å². The van der Waals surface area contributed by atoms with E-state index in [0.717, 1.165) is 0 Å². The molecule has 0 fully saturated rings. The van der Waals surface area contributed by atoms with Crippen molar-refractivity contribution in [2.45, 2.75) is 39.3 Å². The topological polar surface area (TPSA) is 58.2 Å². The minimum Gasteiger partial charge on any atom is -0.350 e. The maximum atomic E-state index is 12.7. The van der Waals surface area contributed by atoms with Crippen molar-refractivity contribution in [3.8, 4) is 0 Å². The first-order valence-corrected chi connectivity index (χ1v) is 6.07. The van der Waals surface area contributed by atoms with E-state index < -0.39 is 17.8 Å². The molecule has 0 saturated heterocycles. The van der Waals surface area contributed by atoms with Crippen molar-refractivity contribution in [1.82, 2.24) is 10.6 Å². The summed E-state index contributed by atoms with van der Waals surface area (Å²) in [7, 11) is 0. The van der Waals surface area contributed by atoms with Gasteiger partial charge in [0, 0.05) is 11.1 Å². The van der Waals surface area contributed by atoms with E-state index >= 15 is 0 Å². The van der Waals surface area contributed by atoms with Gasteiger partial charge < -0.3 is 10.6 Å². The fourth-order valence-electron chi connectivity index (χ4n) is 1.42. The zero-order valence-electron chi connectivity index (χ0n) is 11.6. The molecule has 0 heterocycles. The molecule has 1 unspecified atom stereocenters. The number of carbonyl (C=O) groups is 2. The number of rotatable bonds is 3. The maximum Gasteiger partial charge on any atom is 0.251 e. The number of carbonyl (C=O) groups excluding carboxylic acids is 2. The van der Waals surface area contributed by atoms with E-state index in [1.54, 1.807) is 6.92 Å². The van der Waals surface area contributed by atoms with Crippen LogP contribution in [-0.2, 0) is 4.79 Å². The Balaban J connectivity index is 2.61. The summed E-state index contributed by atoms with van der Waals surface area (Å²) in [6, 6.07) is 4.50. The van der Waals surface area contributed by atoms with Gasteiger partial charge in [-0.15, -0.1) is 0 Å². The molecule has 1 aromatic carbocycles. The van der Waals surface area contributed by atoms with Crippen molar-refractivity contribution in [3.63, 3.8) is 0 Å². The summed E-state index contributed by atoms with van der Waals surface area (Å²) in [6.07, 6.45) is 0. The molecule has 19 heavy (non-hydrogen) atoms. The molecule has 0 spiro atoms. The Bertz CT molecular complexity index is 463. The van der Waals surface area contributed by atoms with Crippen LogP contribution in [-0.4, -0.2) is 23.4 Å². The highest BCUT2D eigenvalue weighted by Gasteiger charge is 2.21. The molecule has 0 radical (unpaired) electrons. The van der Waals surface area contributed by atoms with Gasteiger partial charge in [0.1, 0.15) is 11.9 Å². The first kappa shape index (κ1) is 15.1. The minimum atomic E-state index is -0.656. The van der Waals surface area contributed by atoms with Crippen molar-refractivity contribution in [1.29, 1.82) is 0 Å². The Morgan fingerprint density at radius 2 is 1.68 bits per heavy atom. The average Bonchev–Trinajstić information content (AvgIpc) is 2.27. The van der Waals surface area contributed by atoms with Crippen molar-refractivity contribution >= 4 is 11.8 Å². The van der Waals surface area contributed by atoms with Crippen LogP contribution in [0.4, 0.5) is 4.39 Å². The van der Waals surface area contributed by atoms with Gasteiger partial charge in [0.05, 0.1) is 0 Å². The highest BCUT2D eigenvalue weighted by Crippen LogP contribution is 2.04. The summed E-state index contributed by atoms with van der Waals surface area (Å²) >= 11 is 0. The average molecular weight is 266 g/mol. The normalized spacial score (nSPS) is 12.7. The summed E-state index contributed by atoms with van der Waals surface area (Å²) < 4.78 is 12.7. The second-order valence-corrected chi connectivity index (χ2v) is 5.44. The molecular formula is C14H19FN2O2. The molecule has 0 aliphatic heterocycles. The fourth-order valence-corrected chi connectivity index (χ4v) is 1.42. The number of halogens is 1. The summed E-state index contributed by atoms with van der Waals surface area (Å²) in [6.45, 7) is 7.18. The lowest BCUT2D eigenvalue weighted by molar-refractivity contribution is -0.124. The van der Waals surface area contributed by atoms with Crippen LogP contribution in [0.5, 0.6) is 0 Å². The third-order valence-electron chi connectivity index (χ3n) is 2.35. The number of benzene rings is 1. The number of hydrogen-bond donors (Lipinski definition) is 2. The van der Waals surface area contributed by atoms with E-state index in [4.69, 9.17) is 0 Å². The molecule has 1 aromatic rings. The van der Waals surface area contributed by atoms with E-state index in [-0.39, 0.29) is 11.4 Å². The zero-order valence-corrected chi connectivity index (χ0v) is 11.6. The Hall–Kier alpha value is -1.91. The SMILES string of the molecule is CC(NC(=O)c1ccc(F)cc1)C(=O)NC(C)(C)C. The van der Waals surface area contributed by atoms with Crippen molar-refractivity contribution in [2.24, 2.45) is 0 Å². The van der Waals surface area contributed by atoms with E-state index in [1.165, 1.54) is 24.3 Å². The third kappa shape index (κ3) is 5.07. The quantitative estimate of drug-likeness (QED) is 0.877. The second kappa shape index (κ2) is 5.82. The Kier molecular flexibility index (Phi) is 4.64. The molecule has 0 saturated carbocycles. The Labute approximate surface area is 112 Å². The zero-order chi connectivity index (χ0) is 14.6. The molecule has 0 aromatic heterocycles. The van der Waals surface area contributed by atoms with Gasteiger partial charge in [0.15, 0.2) is 0 Å². The van der Waals surface area contributed by atoms with Crippen LogP contribution >= 0.6 is 0 Å². The largest absolute Gasteiger partial charge is 0.350 e. The molecule has 1 rings (SSSR count). The summed E-state index contributed by atoms with van der Waals surface area (Å²) in [4.78, 5) is 23.6. The van der Waals surface area contributed by atoms with E-state index in [0.29, 0.717) is 5.56 Å². The molecule has 2 N–H and O–H groups in total. The van der Waals surface area contributed by atoms with Crippen LogP contribution in [0.15, 0.2) is 24.3 Å². The lowest BCUT2D eigenvalue weighted by atomic mass is 10.1. The summed E-state index contributed by atoms with van der Waals surface area (Å²) in [5.74, 6) is -1.07. The van der Waals surface area contributed by atoms with Crippen LogP contribution in [0.1, 0.15) is 38.1 Å². The van der Waals surface area contributed by atoms with Crippen molar-refractivity contribution < 1.29 is 14.0 Å². The summed E-state index contributed by atoms with van der Waals surface area (Å²) in [5.41, 5.74) is -0.0387.